The number of aromatic nitrogens is 2. The van der Waals surface area contributed by atoms with Crippen LogP contribution in [0.4, 0.5) is 0 Å². The van der Waals surface area contributed by atoms with Crippen LogP contribution in [0, 0.1) is 0 Å². The zero-order valence-corrected chi connectivity index (χ0v) is 9.88. The van der Waals surface area contributed by atoms with Crippen LogP contribution in [-0.4, -0.2) is 33.6 Å². The van der Waals surface area contributed by atoms with E-state index < -0.39 is 0 Å². The fourth-order valence-electron chi connectivity index (χ4n) is 1.89. The van der Waals surface area contributed by atoms with Crippen LogP contribution in [0.2, 0.25) is 0 Å². The number of imidazole rings is 1. The lowest BCUT2D eigenvalue weighted by atomic mass is 10.2. The molecule has 1 N–H and O–H groups in total. The molecule has 2 rings (SSSR count). The summed E-state index contributed by atoms with van der Waals surface area (Å²) in [5.41, 5.74) is 0. The maximum Gasteiger partial charge on any atom is 0.0945 e. The van der Waals surface area contributed by atoms with Crippen LogP contribution in [-0.2, 0) is 6.54 Å². The van der Waals surface area contributed by atoms with Crippen molar-refractivity contribution in [3.63, 3.8) is 0 Å². The highest BCUT2D eigenvalue weighted by Crippen LogP contribution is 2.16. The van der Waals surface area contributed by atoms with Gasteiger partial charge in [0, 0.05) is 30.7 Å². The highest BCUT2D eigenvalue weighted by molar-refractivity contribution is 7.99. The first kappa shape index (κ1) is 11.0. The van der Waals surface area contributed by atoms with E-state index in [0.29, 0.717) is 0 Å². The van der Waals surface area contributed by atoms with Crippen LogP contribution in [0.1, 0.15) is 19.3 Å². The summed E-state index contributed by atoms with van der Waals surface area (Å²) >= 11 is 2.08. The normalized spacial score (nSPS) is 21.7. The maximum atomic E-state index is 4.03. The Morgan fingerprint density at radius 1 is 1.53 bits per heavy atom. The van der Waals surface area contributed by atoms with Gasteiger partial charge in [0.2, 0.25) is 0 Å². The molecule has 1 aromatic heterocycles. The predicted octanol–water partition coefficient (Wildman–Crippen LogP) is 1.76. The number of thioether (sulfide) groups is 1. The molecule has 1 aliphatic heterocycles. The Labute approximate surface area is 95.7 Å². The molecule has 1 atom stereocenters. The van der Waals surface area contributed by atoms with Gasteiger partial charge in [0.25, 0.3) is 0 Å². The van der Waals surface area contributed by atoms with Crippen LogP contribution in [0.15, 0.2) is 18.7 Å². The molecule has 0 bridgehead atoms. The average molecular weight is 225 g/mol. The lowest BCUT2D eigenvalue weighted by Crippen LogP contribution is -2.34. The minimum absolute atomic E-state index is 0.756. The first-order valence-electron chi connectivity index (χ1n) is 5.72. The lowest BCUT2D eigenvalue weighted by Gasteiger charge is -2.22. The minimum Gasteiger partial charge on any atom is -0.337 e. The number of nitrogens with one attached hydrogen (secondary N) is 1. The summed E-state index contributed by atoms with van der Waals surface area (Å²) in [5.74, 6) is 2.65. The molecular formula is C11H19N3S. The summed E-state index contributed by atoms with van der Waals surface area (Å²) in [6, 6.07) is 0.756. The van der Waals surface area contributed by atoms with Crippen molar-refractivity contribution >= 4 is 11.8 Å². The SMILES string of the molecule is c1cn(CCCNC2CCCSC2)cn1. The molecule has 15 heavy (non-hydrogen) atoms. The van der Waals surface area contributed by atoms with Crippen LogP contribution in [0.25, 0.3) is 0 Å². The van der Waals surface area contributed by atoms with Crippen molar-refractivity contribution in [1.82, 2.24) is 14.9 Å². The summed E-state index contributed by atoms with van der Waals surface area (Å²) in [5, 5.41) is 3.63. The summed E-state index contributed by atoms with van der Waals surface area (Å²) < 4.78 is 2.14. The van der Waals surface area contributed by atoms with Gasteiger partial charge in [0.1, 0.15) is 0 Å². The second kappa shape index (κ2) is 6.18. The maximum absolute atomic E-state index is 4.03. The van der Waals surface area contributed by atoms with Crippen LogP contribution in [0.3, 0.4) is 0 Å². The van der Waals surface area contributed by atoms with Gasteiger partial charge in [-0.1, -0.05) is 0 Å². The van der Waals surface area contributed by atoms with Gasteiger partial charge >= 0.3 is 0 Å². The molecule has 1 aliphatic rings. The van der Waals surface area contributed by atoms with E-state index >= 15 is 0 Å². The smallest absolute Gasteiger partial charge is 0.0945 e. The first-order valence-corrected chi connectivity index (χ1v) is 6.87. The van der Waals surface area contributed by atoms with Gasteiger partial charge in [-0.15, -0.1) is 0 Å². The van der Waals surface area contributed by atoms with E-state index in [9.17, 15) is 0 Å². The van der Waals surface area contributed by atoms with E-state index in [1.165, 1.54) is 30.8 Å². The Morgan fingerprint density at radius 3 is 3.27 bits per heavy atom. The van der Waals surface area contributed by atoms with Gasteiger partial charge in [0.15, 0.2) is 0 Å². The average Bonchev–Trinajstić information content (AvgIpc) is 2.79. The van der Waals surface area contributed by atoms with Crippen molar-refractivity contribution in [2.75, 3.05) is 18.1 Å². The third-order valence-corrected chi connectivity index (χ3v) is 3.96. The number of aryl methyl sites for hydroxylation is 1. The first-order chi connectivity index (χ1) is 7.45. The number of nitrogens with zero attached hydrogens (tertiary/aromatic N) is 2. The summed E-state index contributed by atoms with van der Waals surface area (Å²) in [7, 11) is 0. The fourth-order valence-corrected chi connectivity index (χ4v) is 3.00. The molecule has 2 heterocycles. The Hall–Kier alpha value is -0.480. The molecule has 0 saturated carbocycles. The van der Waals surface area contributed by atoms with E-state index in [0.717, 1.165) is 19.1 Å². The van der Waals surface area contributed by atoms with Crippen molar-refractivity contribution in [2.45, 2.75) is 31.8 Å². The Morgan fingerprint density at radius 2 is 2.53 bits per heavy atom. The number of hydrogen-bond donors (Lipinski definition) is 1. The Bertz CT molecular complexity index is 255. The monoisotopic (exact) mass is 225 g/mol. The molecule has 0 amide bonds. The van der Waals surface area contributed by atoms with Crippen LogP contribution < -0.4 is 5.32 Å². The zero-order valence-electron chi connectivity index (χ0n) is 9.06. The highest BCUT2D eigenvalue weighted by Gasteiger charge is 2.11. The molecular weight excluding hydrogens is 206 g/mol. The van der Waals surface area contributed by atoms with Crippen molar-refractivity contribution < 1.29 is 0 Å². The van der Waals surface area contributed by atoms with E-state index in [-0.39, 0.29) is 0 Å². The lowest BCUT2D eigenvalue weighted by molar-refractivity contribution is 0.485. The largest absolute Gasteiger partial charge is 0.337 e. The van der Waals surface area contributed by atoms with Crippen molar-refractivity contribution in [2.24, 2.45) is 0 Å². The number of rotatable bonds is 5. The Kier molecular flexibility index (Phi) is 4.54. The molecule has 0 radical (unpaired) electrons. The molecule has 1 aromatic rings. The van der Waals surface area contributed by atoms with E-state index in [2.05, 4.69) is 26.6 Å². The zero-order chi connectivity index (χ0) is 10.3. The van der Waals surface area contributed by atoms with E-state index in [1.807, 2.05) is 18.7 Å². The summed E-state index contributed by atoms with van der Waals surface area (Å²) in [6.45, 7) is 2.20. The third kappa shape index (κ3) is 3.87. The van der Waals surface area contributed by atoms with E-state index in [4.69, 9.17) is 0 Å². The second-order valence-electron chi connectivity index (χ2n) is 4.02. The molecule has 4 heteroatoms. The molecule has 0 aromatic carbocycles. The molecule has 0 spiro atoms. The molecule has 0 aliphatic carbocycles. The molecule has 1 fully saturated rings. The van der Waals surface area contributed by atoms with Gasteiger partial charge in [-0.2, -0.15) is 11.8 Å². The predicted molar refractivity (Wildman–Crippen MR) is 65.2 cm³/mol. The quantitative estimate of drug-likeness (QED) is 0.774. The van der Waals surface area contributed by atoms with Gasteiger partial charge in [-0.3, -0.25) is 0 Å². The fraction of sp³-hybridized carbons (Fsp3) is 0.727. The Balaban J connectivity index is 1.54. The van der Waals surface area contributed by atoms with Gasteiger partial charge in [0.05, 0.1) is 6.33 Å². The number of hydrogen-bond acceptors (Lipinski definition) is 3. The van der Waals surface area contributed by atoms with Crippen molar-refractivity contribution in [3.8, 4) is 0 Å². The standard InChI is InChI=1S/C11H19N3S/c1-3-11(9-15-8-1)13-4-2-6-14-7-5-12-10-14/h5,7,10-11,13H,1-4,6,8-9H2. The van der Waals surface area contributed by atoms with Gasteiger partial charge in [-0.05, 0) is 31.6 Å². The molecule has 1 saturated heterocycles. The summed E-state index contributed by atoms with van der Waals surface area (Å²) in [4.78, 5) is 4.03. The summed E-state index contributed by atoms with van der Waals surface area (Å²) in [6.07, 6.45) is 9.68. The highest BCUT2D eigenvalue weighted by atomic mass is 32.2. The molecule has 1 unspecified atom stereocenters. The van der Waals surface area contributed by atoms with Gasteiger partial charge in [-0.25, -0.2) is 4.98 Å². The third-order valence-electron chi connectivity index (χ3n) is 2.75. The minimum atomic E-state index is 0.756. The molecule has 3 nitrogen and oxygen atoms in total. The van der Waals surface area contributed by atoms with E-state index in [1.54, 1.807) is 0 Å². The van der Waals surface area contributed by atoms with Crippen LogP contribution >= 0.6 is 11.8 Å². The molecule has 84 valence electrons. The van der Waals surface area contributed by atoms with Crippen LogP contribution in [0.5, 0.6) is 0 Å². The topological polar surface area (TPSA) is 29.9 Å². The van der Waals surface area contributed by atoms with Crippen molar-refractivity contribution in [1.29, 1.82) is 0 Å². The second-order valence-corrected chi connectivity index (χ2v) is 5.17. The van der Waals surface area contributed by atoms with Crippen molar-refractivity contribution in [3.05, 3.63) is 18.7 Å². The van der Waals surface area contributed by atoms with Gasteiger partial charge < -0.3 is 9.88 Å².